The van der Waals surface area contributed by atoms with Crippen LogP contribution in [0.4, 0.5) is 5.13 Å². The van der Waals surface area contributed by atoms with Crippen molar-refractivity contribution in [2.24, 2.45) is 21.5 Å². The second kappa shape index (κ2) is 12.9. The molecule has 0 aliphatic heterocycles. The van der Waals surface area contributed by atoms with Gasteiger partial charge in [-0.2, -0.15) is 16.8 Å². The van der Waals surface area contributed by atoms with Crippen LogP contribution in [0.15, 0.2) is 49.4 Å². The fraction of sp³-hybridized carbons (Fsp3) is 0.353. The Morgan fingerprint density at radius 3 is 2.56 bits per heavy atom. The molecule has 0 amide bonds. The zero-order valence-corrected chi connectivity index (χ0v) is 21.7. The maximum Gasteiger partial charge on any atom is 0.264 e. The van der Waals surface area contributed by atoms with E-state index in [4.69, 9.17) is 16.3 Å². The van der Waals surface area contributed by atoms with Crippen molar-refractivity contribution in [2.45, 2.75) is 22.5 Å². The fourth-order valence-corrected chi connectivity index (χ4v) is 5.90. The summed E-state index contributed by atoms with van der Waals surface area (Å²) in [4.78, 5) is 18.2. The molecule has 17 heteroatoms. The summed E-state index contributed by atoms with van der Waals surface area (Å²) in [6, 6.07) is 4.87. The first-order chi connectivity index (χ1) is 16.1. The molecule has 0 bridgehead atoms. The molecule has 1 aromatic carbocycles. The molecule has 34 heavy (non-hydrogen) atoms. The third kappa shape index (κ3) is 8.73. The molecule has 13 nitrogen and oxygen atoms in total. The topological polar surface area (TPSA) is 203 Å². The van der Waals surface area contributed by atoms with Crippen molar-refractivity contribution in [1.82, 2.24) is 19.9 Å². The Morgan fingerprint density at radius 1 is 1.21 bits per heavy atom. The number of benzene rings is 1. The van der Waals surface area contributed by atoms with Crippen molar-refractivity contribution in [2.75, 3.05) is 26.0 Å². The van der Waals surface area contributed by atoms with Gasteiger partial charge in [-0.15, -0.1) is 11.3 Å². The number of nitrogens with one attached hydrogen (secondary N) is 3. The van der Waals surface area contributed by atoms with Crippen molar-refractivity contribution in [3.05, 3.63) is 35.3 Å². The molecule has 0 fully saturated rings. The van der Waals surface area contributed by atoms with E-state index in [0.29, 0.717) is 23.2 Å². The lowest BCUT2D eigenvalue weighted by molar-refractivity contribution is 0.105. The third-order valence-electron chi connectivity index (χ3n) is 3.75. The van der Waals surface area contributed by atoms with Crippen LogP contribution in [-0.2, 0) is 30.6 Å². The highest BCUT2D eigenvalue weighted by atomic mass is 32.2. The molecular weight excluding hydrogens is 525 g/mol. The van der Waals surface area contributed by atoms with Crippen LogP contribution in [0, 0.1) is 0 Å². The van der Waals surface area contributed by atoms with Crippen LogP contribution in [-0.4, -0.2) is 59.7 Å². The van der Waals surface area contributed by atoms with Crippen molar-refractivity contribution in [3.63, 3.8) is 0 Å². The molecular formula is C17H26N8O5S4. The zero-order chi connectivity index (χ0) is 25.2. The summed E-state index contributed by atoms with van der Waals surface area (Å²) in [5, 5.41) is 5.24. The quantitative estimate of drug-likeness (QED) is 0.104. The Morgan fingerprint density at radius 2 is 1.91 bits per heavy atom. The molecule has 0 unspecified atom stereocenters. The minimum absolute atomic E-state index is 0.0185. The predicted octanol–water partition coefficient (Wildman–Crippen LogP) is 0.0649. The Labute approximate surface area is 206 Å². The Bertz CT molecular complexity index is 1220. The second-order valence-corrected chi connectivity index (χ2v) is 11.6. The highest BCUT2D eigenvalue weighted by Gasteiger charge is 2.21. The van der Waals surface area contributed by atoms with Crippen LogP contribution in [0.5, 0.6) is 0 Å². The molecule has 1 aromatic heterocycles. The molecule has 188 valence electrons. The summed E-state index contributed by atoms with van der Waals surface area (Å²) in [5.41, 5.74) is 11.5. The zero-order valence-electron chi connectivity index (χ0n) is 18.4. The largest absolute Gasteiger partial charge is 0.370 e. The molecule has 2 rings (SSSR count). The number of hydrogen-bond acceptors (Lipinski definition) is 10. The molecule has 0 radical (unpaired) electrons. The average Bonchev–Trinajstić information content (AvgIpc) is 3.23. The smallest absolute Gasteiger partial charge is 0.264 e. The maximum atomic E-state index is 12.7. The van der Waals surface area contributed by atoms with Crippen LogP contribution in [0.2, 0.25) is 0 Å². The standard InChI is InChI=1S/C17H26N8O5S4/c1-3-30-25-34(28,29)14-6-4-5-13(9-14)33(26,27)24-16(20-2)21-7-8-31-10-12-11-32-17(22-12)23-15(18)19/h4-6,9,11,25H,3,7-8,10H2,1-2H3,(H2,20,21,24)(H4,18,19,22,23). The fourth-order valence-electron chi connectivity index (χ4n) is 2.28. The Balaban J connectivity index is 1.90. The highest BCUT2D eigenvalue weighted by Crippen LogP contribution is 2.21. The predicted molar refractivity (Wildman–Crippen MR) is 134 cm³/mol. The summed E-state index contributed by atoms with van der Waals surface area (Å²) < 4.78 is 52.2. The third-order valence-corrected chi connectivity index (χ3v) is 8.07. The SMILES string of the molecule is CCONS(=O)(=O)c1cccc(S(=O)(=O)NC(=NC)NCCSCc2csc(N=C(N)N)n2)c1. The van der Waals surface area contributed by atoms with E-state index in [9.17, 15) is 16.8 Å². The molecule has 0 spiro atoms. The van der Waals surface area contributed by atoms with Gasteiger partial charge >= 0.3 is 0 Å². The first-order valence-electron chi connectivity index (χ1n) is 9.66. The molecule has 0 aliphatic carbocycles. The van der Waals surface area contributed by atoms with Gasteiger partial charge in [-0.25, -0.2) is 26.5 Å². The summed E-state index contributed by atoms with van der Waals surface area (Å²) in [6.07, 6.45) is 0. The van der Waals surface area contributed by atoms with E-state index in [2.05, 4.69) is 25.0 Å². The monoisotopic (exact) mass is 550 g/mol. The van der Waals surface area contributed by atoms with Crippen LogP contribution < -0.4 is 26.4 Å². The van der Waals surface area contributed by atoms with E-state index in [1.165, 1.54) is 36.6 Å². The van der Waals surface area contributed by atoms with Crippen molar-refractivity contribution >= 4 is 60.2 Å². The maximum absolute atomic E-state index is 12.7. The number of aliphatic imine (C=N–C) groups is 2. The number of thioether (sulfide) groups is 1. The van der Waals surface area contributed by atoms with E-state index in [1.54, 1.807) is 18.7 Å². The van der Waals surface area contributed by atoms with Crippen molar-refractivity contribution in [1.29, 1.82) is 0 Å². The molecule has 1 heterocycles. The van der Waals surface area contributed by atoms with Gasteiger partial charge in [0.15, 0.2) is 5.96 Å². The van der Waals surface area contributed by atoms with E-state index in [1.807, 2.05) is 10.3 Å². The number of hydrogen-bond donors (Lipinski definition) is 5. The van der Waals surface area contributed by atoms with E-state index in [-0.39, 0.29) is 28.3 Å². The van der Waals surface area contributed by atoms with Gasteiger partial charge in [0.2, 0.25) is 11.1 Å². The van der Waals surface area contributed by atoms with Gasteiger partial charge < -0.3 is 16.8 Å². The number of nitrogens with zero attached hydrogens (tertiary/aromatic N) is 3. The lowest BCUT2D eigenvalue weighted by atomic mass is 10.4. The average molecular weight is 551 g/mol. The van der Waals surface area contributed by atoms with Gasteiger partial charge in [0.25, 0.3) is 20.0 Å². The van der Waals surface area contributed by atoms with E-state index < -0.39 is 20.0 Å². The van der Waals surface area contributed by atoms with E-state index >= 15 is 0 Å². The minimum Gasteiger partial charge on any atom is -0.370 e. The van der Waals surface area contributed by atoms with Gasteiger partial charge in [-0.05, 0) is 25.1 Å². The van der Waals surface area contributed by atoms with Crippen LogP contribution in [0.25, 0.3) is 0 Å². The molecule has 0 saturated carbocycles. The first-order valence-corrected chi connectivity index (χ1v) is 14.7. The van der Waals surface area contributed by atoms with Gasteiger partial charge in [-0.1, -0.05) is 11.0 Å². The Kier molecular flexibility index (Phi) is 10.5. The van der Waals surface area contributed by atoms with Gasteiger partial charge in [-0.3, -0.25) is 9.83 Å². The summed E-state index contributed by atoms with van der Waals surface area (Å²) in [5.74, 6) is 1.22. The van der Waals surface area contributed by atoms with Gasteiger partial charge in [0, 0.05) is 30.5 Å². The highest BCUT2D eigenvalue weighted by molar-refractivity contribution is 7.98. The summed E-state index contributed by atoms with van der Waals surface area (Å²) in [6.45, 7) is 2.13. The summed E-state index contributed by atoms with van der Waals surface area (Å²) >= 11 is 2.90. The number of aromatic nitrogens is 1. The normalized spacial score (nSPS) is 12.4. The number of thiazole rings is 1. The van der Waals surface area contributed by atoms with Gasteiger partial charge in [0.05, 0.1) is 22.1 Å². The summed E-state index contributed by atoms with van der Waals surface area (Å²) in [7, 11) is -6.69. The van der Waals surface area contributed by atoms with Gasteiger partial charge in [0.1, 0.15) is 0 Å². The number of nitrogens with two attached hydrogens (primary N) is 2. The van der Waals surface area contributed by atoms with Crippen molar-refractivity contribution in [3.8, 4) is 0 Å². The number of sulfonamides is 2. The molecule has 7 N–H and O–H groups in total. The van der Waals surface area contributed by atoms with Crippen LogP contribution in [0.3, 0.4) is 0 Å². The minimum atomic E-state index is -4.09. The molecule has 0 atom stereocenters. The number of rotatable bonds is 12. The van der Waals surface area contributed by atoms with Crippen LogP contribution >= 0.6 is 23.1 Å². The molecule has 2 aromatic rings. The Hall–Kier alpha value is -2.44. The molecule has 0 saturated heterocycles. The second-order valence-electron chi connectivity index (χ2n) is 6.31. The number of guanidine groups is 2. The van der Waals surface area contributed by atoms with Crippen molar-refractivity contribution < 1.29 is 21.7 Å². The lowest BCUT2D eigenvalue weighted by Gasteiger charge is -2.13. The lowest BCUT2D eigenvalue weighted by Crippen LogP contribution is -2.41. The molecule has 0 aliphatic rings. The first kappa shape index (κ1) is 27.8. The van der Waals surface area contributed by atoms with E-state index in [0.717, 1.165) is 11.8 Å². The van der Waals surface area contributed by atoms with Crippen LogP contribution in [0.1, 0.15) is 12.6 Å².